The highest BCUT2D eigenvalue weighted by molar-refractivity contribution is 5.91. The summed E-state index contributed by atoms with van der Waals surface area (Å²) in [4.78, 5) is 57.0. The van der Waals surface area contributed by atoms with E-state index in [4.69, 9.17) is 10.5 Å². The topological polar surface area (TPSA) is 169 Å². The molecular weight excluding hydrogens is 490 g/mol. The molecule has 38 heavy (non-hydrogen) atoms. The van der Waals surface area contributed by atoms with Gasteiger partial charge in [-0.25, -0.2) is 4.79 Å². The quantitative estimate of drug-likeness (QED) is 0.174. The van der Waals surface area contributed by atoms with Gasteiger partial charge in [0, 0.05) is 25.6 Å². The van der Waals surface area contributed by atoms with Crippen molar-refractivity contribution in [3.8, 4) is 0 Å². The van der Waals surface area contributed by atoms with Gasteiger partial charge in [-0.05, 0) is 33.1 Å². The summed E-state index contributed by atoms with van der Waals surface area (Å²) >= 11 is 0. The van der Waals surface area contributed by atoms with Gasteiger partial charge >= 0.3 is 5.97 Å². The van der Waals surface area contributed by atoms with Crippen molar-refractivity contribution in [3.63, 3.8) is 0 Å². The van der Waals surface area contributed by atoms with Crippen molar-refractivity contribution in [1.82, 2.24) is 21.3 Å². The Labute approximate surface area is 230 Å². The first-order valence-electron chi connectivity index (χ1n) is 13.6. The Hall–Kier alpha value is -2.95. The molecule has 0 aromatic heterocycles. The molecule has 2 unspecified atom stereocenters. The summed E-state index contributed by atoms with van der Waals surface area (Å²) in [6, 6.07) is -1.46. The normalized spacial score (nSPS) is 11.2. The van der Waals surface area contributed by atoms with Gasteiger partial charge in [0.05, 0.1) is 19.2 Å². The van der Waals surface area contributed by atoms with Crippen LogP contribution in [0.1, 0.15) is 88.5 Å². The molecule has 0 aromatic carbocycles. The van der Waals surface area contributed by atoms with E-state index in [1.165, 1.54) is 25.5 Å². The molecule has 4 amide bonds. The minimum atomic E-state index is -0.745. The zero-order valence-electron chi connectivity index (χ0n) is 25.4. The summed E-state index contributed by atoms with van der Waals surface area (Å²) in [5.41, 5.74) is 5.40. The van der Waals surface area contributed by atoms with Crippen LogP contribution in [-0.4, -0.2) is 67.9 Å². The molecule has 6 N–H and O–H groups in total. The molecule has 0 aliphatic rings. The molecule has 11 heteroatoms. The number of rotatable bonds is 13. The first-order valence-corrected chi connectivity index (χ1v) is 13.6. The minimum absolute atomic E-state index is 0.127. The molecule has 224 valence electrons. The van der Waals surface area contributed by atoms with E-state index >= 15 is 0 Å². The van der Waals surface area contributed by atoms with Gasteiger partial charge in [-0.2, -0.15) is 0 Å². The lowest BCUT2D eigenvalue weighted by Crippen LogP contribution is -2.51. The second-order valence-electron chi connectivity index (χ2n) is 8.17. The van der Waals surface area contributed by atoms with Crippen molar-refractivity contribution >= 4 is 29.6 Å². The molecule has 0 saturated carbocycles. The van der Waals surface area contributed by atoms with Crippen LogP contribution in [0, 0.1) is 5.92 Å². The molecule has 0 aliphatic heterocycles. The second kappa shape index (κ2) is 30.3. The van der Waals surface area contributed by atoms with Gasteiger partial charge in [0.15, 0.2) is 0 Å². The van der Waals surface area contributed by atoms with Crippen molar-refractivity contribution in [1.29, 1.82) is 0 Å². The van der Waals surface area contributed by atoms with Crippen LogP contribution in [0.15, 0.2) is 12.2 Å². The first kappa shape index (κ1) is 42.2. The van der Waals surface area contributed by atoms with E-state index in [1.54, 1.807) is 6.92 Å². The first-order chi connectivity index (χ1) is 17.9. The molecule has 2 atom stereocenters. The summed E-state index contributed by atoms with van der Waals surface area (Å²) in [7, 11) is 0. The van der Waals surface area contributed by atoms with Crippen molar-refractivity contribution in [3.05, 3.63) is 12.2 Å². The number of hydrogen-bond acceptors (Lipinski definition) is 7. The molecule has 11 nitrogen and oxygen atoms in total. The Kier molecular flexibility index (Phi) is 33.6. The second-order valence-corrected chi connectivity index (χ2v) is 8.17. The molecule has 0 spiro atoms. The number of esters is 1. The van der Waals surface area contributed by atoms with Gasteiger partial charge in [0.2, 0.25) is 23.6 Å². The third kappa shape index (κ3) is 31.1. The number of amides is 4. The number of nitrogens with one attached hydrogen (secondary N) is 4. The van der Waals surface area contributed by atoms with Crippen LogP contribution in [0.2, 0.25) is 0 Å². The average Bonchev–Trinajstić information content (AvgIpc) is 2.86. The molecule has 0 aromatic rings. The maximum absolute atomic E-state index is 12.2. The highest BCUT2D eigenvalue weighted by Crippen LogP contribution is 2.05. The van der Waals surface area contributed by atoms with Gasteiger partial charge in [-0.3, -0.25) is 19.2 Å². The number of carbonyl (C=O) groups is 5. The predicted octanol–water partition coefficient (Wildman–Crippen LogP) is 2.19. The zero-order valence-corrected chi connectivity index (χ0v) is 25.4. The van der Waals surface area contributed by atoms with Crippen molar-refractivity contribution in [2.45, 2.75) is 101 Å². The van der Waals surface area contributed by atoms with Gasteiger partial charge in [0.25, 0.3) is 0 Å². The highest BCUT2D eigenvalue weighted by Gasteiger charge is 2.21. The molecule has 0 heterocycles. The standard InChI is InChI=1S/C17H30N4O5.C5H11NO.C3H8.C2H6/c1-5-26-15(23)7-6-8-19-17(25)13(9-11(2)3)21-14(22)10-20-16(24)12(4)18;1-3-5(7)6-4-2;1-3-2;1-2/h6-7,11-13H,5,8-10,18H2,1-4H3,(H,19,25)(H,20,24)(H,21,22);3-4H2,1-2H3,(H,6,7);3H2,1-2H3;1-2H3/b7-6+;;;. The maximum Gasteiger partial charge on any atom is 0.330 e. The molecule has 0 radical (unpaired) electrons. The summed E-state index contributed by atoms with van der Waals surface area (Å²) in [6.45, 7) is 19.9. The van der Waals surface area contributed by atoms with E-state index in [2.05, 4.69) is 35.1 Å². The van der Waals surface area contributed by atoms with Gasteiger partial charge in [-0.15, -0.1) is 0 Å². The molecule has 0 aliphatic carbocycles. The minimum Gasteiger partial charge on any atom is -0.463 e. The number of nitrogens with two attached hydrogens (primary N) is 1. The maximum atomic E-state index is 12.2. The van der Waals surface area contributed by atoms with Crippen LogP contribution in [0.4, 0.5) is 0 Å². The van der Waals surface area contributed by atoms with Crippen LogP contribution < -0.4 is 27.0 Å². The number of ether oxygens (including phenoxy) is 1. The number of hydrogen-bond donors (Lipinski definition) is 5. The van der Waals surface area contributed by atoms with Crippen molar-refractivity contribution in [2.75, 3.05) is 26.2 Å². The monoisotopic (exact) mass is 545 g/mol. The Morgan fingerprint density at radius 2 is 1.39 bits per heavy atom. The zero-order chi connectivity index (χ0) is 30.5. The van der Waals surface area contributed by atoms with Crippen molar-refractivity contribution < 1.29 is 28.7 Å². The Balaban J connectivity index is -0.000000402. The van der Waals surface area contributed by atoms with Gasteiger partial charge in [0.1, 0.15) is 6.04 Å². The summed E-state index contributed by atoms with van der Waals surface area (Å²) < 4.78 is 4.73. The van der Waals surface area contributed by atoms with E-state index in [0.29, 0.717) is 12.8 Å². The fraction of sp³-hybridized carbons (Fsp3) is 0.741. The fourth-order valence-electron chi connectivity index (χ4n) is 2.23. The number of carbonyl (C=O) groups excluding carboxylic acids is 5. The molecule has 0 saturated heterocycles. The van der Waals surface area contributed by atoms with Crippen LogP contribution in [0.3, 0.4) is 0 Å². The highest BCUT2D eigenvalue weighted by atomic mass is 16.5. The van der Waals surface area contributed by atoms with Gasteiger partial charge < -0.3 is 31.7 Å². The SMILES string of the molecule is CC.CCC.CCNC(=O)CC.CCOC(=O)/C=C/CNC(=O)C(CC(C)C)NC(=O)CNC(=O)C(C)N. The van der Waals surface area contributed by atoms with E-state index in [-0.39, 0.29) is 37.4 Å². The summed E-state index contributed by atoms with van der Waals surface area (Å²) in [5, 5.41) is 10.3. The fourth-order valence-corrected chi connectivity index (χ4v) is 2.23. The average molecular weight is 546 g/mol. The van der Waals surface area contributed by atoms with Crippen molar-refractivity contribution in [2.24, 2.45) is 11.7 Å². The van der Waals surface area contributed by atoms with Crippen LogP contribution in [0.25, 0.3) is 0 Å². The lowest BCUT2D eigenvalue weighted by atomic mass is 10.0. The molecule has 0 rings (SSSR count). The Bertz CT molecular complexity index is 666. The lowest BCUT2D eigenvalue weighted by molar-refractivity contribution is -0.137. The van der Waals surface area contributed by atoms with Crippen LogP contribution in [-0.2, 0) is 28.7 Å². The molecule has 0 fully saturated rings. The van der Waals surface area contributed by atoms with E-state index in [9.17, 15) is 24.0 Å². The van der Waals surface area contributed by atoms with Crippen LogP contribution >= 0.6 is 0 Å². The van der Waals surface area contributed by atoms with E-state index < -0.39 is 29.9 Å². The van der Waals surface area contributed by atoms with E-state index in [0.717, 1.165) is 6.54 Å². The summed E-state index contributed by atoms with van der Waals surface area (Å²) in [6.07, 6.45) is 4.96. The van der Waals surface area contributed by atoms with Crippen LogP contribution in [0.5, 0.6) is 0 Å². The summed E-state index contributed by atoms with van der Waals surface area (Å²) in [5.74, 6) is -1.50. The Morgan fingerprint density at radius 3 is 1.79 bits per heavy atom. The largest absolute Gasteiger partial charge is 0.463 e. The third-order valence-electron chi connectivity index (χ3n) is 3.83. The lowest BCUT2D eigenvalue weighted by Gasteiger charge is -2.20. The smallest absolute Gasteiger partial charge is 0.330 e. The third-order valence-corrected chi connectivity index (χ3v) is 3.83. The molecule has 0 bridgehead atoms. The van der Waals surface area contributed by atoms with E-state index in [1.807, 2.05) is 41.5 Å². The molecular formula is C27H55N5O6. The Morgan fingerprint density at radius 1 is 0.842 bits per heavy atom. The van der Waals surface area contributed by atoms with Gasteiger partial charge in [-0.1, -0.05) is 61.0 Å². The predicted molar refractivity (Wildman–Crippen MR) is 153 cm³/mol.